The lowest BCUT2D eigenvalue weighted by molar-refractivity contribution is -0.136. The number of fused-ring (bicyclic) bond motifs is 1. The number of carbonyl (C=O) groups is 1. The minimum Gasteiger partial charge on any atom is -0.332 e. The maximum atomic E-state index is 13.0. The van der Waals surface area contributed by atoms with Crippen molar-refractivity contribution in [2.75, 3.05) is 0 Å². The van der Waals surface area contributed by atoms with Crippen LogP contribution in [-0.2, 0) is 24.4 Å². The van der Waals surface area contributed by atoms with Crippen molar-refractivity contribution in [3.05, 3.63) is 53.1 Å². The Kier molecular flexibility index (Phi) is 4.46. The molecule has 0 saturated heterocycles. The van der Waals surface area contributed by atoms with Crippen molar-refractivity contribution < 1.29 is 9.18 Å². The van der Waals surface area contributed by atoms with Crippen molar-refractivity contribution >= 4 is 5.91 Å². The van der Waals surface area contributed by atoms with E-state index in [1.807, 2.05) is 15.8 Å². The van der Waals surface area contributed by atoms with Crippen LogP contribution in [0.3, 0.4) is 0 Å². The van der Waals surface area contributed by atoms with Crippen LogP contribution >= 0.6 is 0 Å². The number of rotatable bonds is 5. The van der Waals surface area contributed by atoms with Gasteiger partial charge in [0, 0.05) is 18.0 Å². The van der Waals surface area contributed by atoms with Gasteiger partial charge in [0.25, 0.3) is 0 Å². The summed E-state index contributed by atoms with van der Waals surface area (Å²) in [6, 6.07) is 6.46. The highest BCUT2D eigenvalue weighted by molar-refractivity contribution is 5.79. The molecule has 2 heterocycles. The fourth-order valence-electron chi connectivity index (χ4n) is 3.16. The minimum absolute atomic E-state index is 0.109. The van der Waals surface area contributed by atoms with Crippen molar-refractivity contribution in [2.45, 2.75) is 46.3 Å². The molecule has 5 heteroatoms. The minimum atomic E-state index is -0.235. The lowest BCUT2D eigenvalue weighted by Gasteiger charge is -2.21. The van der Waals surface area contributed by atoms with Crippen LogP contribution in [0.5, 0.6) is 0 Å². The van der Waals surface area contributed by atoms with E-state index in [0.717, 1.165) is 29.7 Å². The third kappa shape index (κ3) is 3.14. The van der Waals surface area contributed by atoms with E-state index in [-0.39, 0.29) is 17.6 Å². The van der Waals surface area contributed by atoms with Gasteiger partial charge >= 0.3 is 0 Å². The average molecular weight is 315 g/mol. The highest BCUT2D eigenvalue weighted by atomic mass is 19.1. The first-order valence-electron chi connectivity index (χ1n) is 8.19. The van der Waals surface area contributed by atoms with E-state index in [9.17, 15) is 9.18 Å². The van der Waals surface area contributed by atoms with Crippen molar-refractivity contribution in [1.82, 2.24) is 14.7 Å². The number of nitrogens with zero attached hydrogens (tertiary/aromatic N) is 3. The number of aromatic nitrogens is 2. The van der Waals surface area contributed by atoms with Gasteiger partial charge in [-0.1, -0.05) is 26.0 Å². The highest BCUT2D eigenvalue weighted by Crippen LogP contribution is 2.26. The molecule has 0 N–H and O–H groups in total. The van der Waals surface area contributed by atoms with Gasteiger partial charge in [0.05, 0.1) is 25.0 Å². The molecule has 0 unspecified atom stereocenters. The molecule has 3 rings (SSSR count). The number of halogens is 1. The normalized spacial score (nSPS) is 13.7. The zero-order chi connectivity index (χ0) is 16.4. The van der Waals surface area contributed by atoms with E-state index < -0.39 is 0 Å². The second-order valence-corrected chi connectivity index (χ2v) is 6.11. The predicted octanol–water partition coefficient (Wildman–Crippen LogP) is 3.35. The van der Waals surface area contributed by atoms with E-state index in [1.165, 1.54) is 12.1 Å². The van der Waals surface area contributed by atoms with Crippen LogP contribution in [0.15, 0.2) is 30.5 Å². The Morgan fingerprint density at radius 1 is 1.22 bits per heavy atom. The van der Waals surface area contributed by atoms with Crippen LogP contribution in [0.4, 0.5) is 4.39 Å². The Morgan fingerprint density at radius 3 is 2.57 bits per heavy atom. The van der Waals surface area contributed by atoms with Crippen LogP contribution in [0.1, 0.15) is 43.5 Å². The summed E-state index contributed by atoms with van der Waals surface area (Å²) in [4.78, 5) is 14.5. The molecule has 1 aliphatic rings. The zero-order valence-electron chi connectivity index (χ0n) is 13.6. The molecule has 0 aliphatic carbocycles. The molecule has 0 radical (unpaired) electrons. The third-order valence-corrected chi connectivity index (χ3v) is 4.63. The summed E-state index contributed by atoms with van der Waals surface area (Å²) >= 11 is 0. The summed E-state index contributed by atoms with van der Waals surface area (Å²) < 4.78 is 14.9. The van der Waals surface area contributed by atoms with E-state index in [0.29, 0.717) is 19.6 Å². The average Bonchev–Trinajstić information content (AvgIpc) is 3.12. The summed E-state index contributed by atoms with van der Waals surface area (Å²) in [7, 11) is 0. The Bertz CT molecular complexity index is 689. The van der Waals surface area contributed by atoms with E-state index in [1.54, 1.807) is 12.1 Å². The lowest BCUT2D eigenvalue weighted by atomic mass is 10.0. The monoisotopic (exact) mass is 315 g/mol. The van der Waals surface area contributed by atoms with Gasteiger partial charge in [-0.2, -0.15) is 5.10 Å². The maximum Gasteiger partial charge on any atom is 0.226 e. The van der Waals surface area contributed by atoms with Crippen LogP contribution in [0.25, 0.3) is 0 Å². The first-order chi connectivity index (χ1) is 11.1. The van der Waals surface area contributed by atoms with Crippen molar-refractivity contribution in [3.8, 4) is 0 Å². The molecule has 1 aliphatic heterocycles. The van der Waals surface area contributed by atoms with Crippen LogP contribution < -0.4 is 0 Å². The van der Waals surface area contributed by atoms with E-state index in [2.05, 4.69) is 18.9 Å². The molecule has 0 atom stereocenters. The number of carbonyl (C=O) groups excluding carboxylic acids is 1. The molecule has 122 valence electrons. The van der Waals surface area contributed by atoms with Gasteiger partial charge in [0.15, 0.2) is 0 Å². The molecular weight excluding hydrogens is 293 g/mol. The molecule has 0 fully saturated rings. The lowest BCUT2D eigenvalue weighted by Crippen LogP contribution is -2.32. The van der Waals surface area contributed by atoms with Gasteiger partial charge in [-0.3, -0.25) is 9.48 Å². The van der Waals surface area contributed by atoms with Crippen molar-refractivity contribution in [1.29, 1.82) is 0 Å². The SMILES string of the molecule is CCC(CC)C(=O)N1Cc2cnn(Cc3ccc(F)cc3)c2C1. The Labute approximate surface area is 135 Å². The quantitative estimate of drug-likeness (QED) is 0.848. The maximum absolute atomic E-state index is 13.0. The zero-order valence-corrected chi connectivity index (χ0v) is 13.6. The smallest absolute Gasteiger partial charge is 0.226 e. The molecule has 1 amide bonds. The summed E-state index contributed by atoms with van der Waals surface area (Å²) in [6.45, 7) is 5.99. The van der Waals surface area contributed by atoms with Crippen LogP contribution in [-0.4, -0.2) is 20.6 Å². The number of amides is 1. The van der Waals surface area contributed by atoms with E-state index in [4.69, 9.17) is 0 Å². The Morgan fingerprint density at radius 2 is 1.91 bits per heavy atom. The Hall–Kier alpha value is -2.17. The van der Waals surface area contributed by atoms with E-state index >= 15 is 0 Å². The first kappa shape index (κ1) is 15.7. The van der Waals surface area contributed by atoms with Gasteiger partial charge in [0.1, 0.15) is 5.82 Å². The molecule has 0 bridgehead atoms. The molecule has 0 saturated carbocycles. The summed E-state index contributed by atoms with van der Waals surface area (Å²) in [5, 5.41) is 4.42. The Balaban J connectivity index is 1.73. The molecular formula is C18H22FN3O. The number of hydrogen-bond acceptors (Lipinski definition) is 2. The van der Waals surface area contributed by atoms with Gasteiger partial charge in [-0.05, 0) is 30.5 Å². The van der Waals surface area contributed by atoms with Crippen molar-refractivity contribution in [3.63, 3.8) is 0 Å². The first-order valence-corrected chi connectivity index (χ1v) is 8.19. The van der Waals surface area contributed by atoms with Gasteiger partial charge in [-0.25, -0.2) is 4.39 Å². The fourth-order valence-corrected chi connectivity index (χ4v) is 3.16. The molecule has 1 aromatic heterocycles. The molecule has 4 nitrogen and oxygen atoms in total. The standard InChI is InChI=1S/C18H22FN3O/c1-3-14(4-2)18(23)21-11-15-9-20-22(17(15)12-21)10-13-5-7-16(19)8-6-13/h5-9,14H,3-4,10-12H2,1-2H3. The summed E-state index contributed by atoms with van der Waals surface area (Å²) in [5.41, 5.74) is 3.21. The molecule has 2 aromatic rings. The summed E-state index contributed by atoms with van der Waals surface area (Å²) in [6.07, 6.45) is 3.60. The topological polar surface area (TPSA) is 38.1 Å². The predicted molar refractivity (Wildman–Crippen MR) is 86.1 cm³/mol. The summed E-state index contributed by atoms with van der Waals surface area (Å²) in [5.74, 6) is 0.110. The highest BCUT2D eigenvalue weighted by Gasteiger charge is 2.30. The second kappa shape index (κ2) is 6.52. The second-order valence-electron chi connectivity index (χ2n) is 6.11. The van der Waals surface area contributed by atoms with Gasteiger partial charge in [-0.15, -0.1) is 0 Å². The van der Waals surface area contributed by atoms with Gasteiger partial charge in [0.2, 0.25) is 5.91 Å². The van der Waals surface area contributed by atoms with Crippen LogP contribution in [0.2, 0.25) is 0 Å². The van der Waals surface area contributed by atoms with Gasteiger partial charge < -0.3 is 4.90 Å². The number of benzene rings is 1. The number of hydrogen-bond donors (Lipinski definition) is 0. The molecule has 23 heavy (non-hydrogen) atoms. The van der Waals surface area contributed by atoms with Crippen LogP contribution in [0, 0.1) is 11.7 Å². The third-order valence-electron chi connectivity index (χ3n) is 4.63. The van der Waals surface area contributed by atoms with Crippen molar-refractivity contribution in [2.24, 2.45) is 5.92 Å². The fraction of sp³-hybridized carbons (Fsp3) is 0.444. The molecule has 1 aromatic carbocycles. The largest absolute Gasteiger partial charge is 0.332 e. The molecule has 0 spiro atoms.